The van der Waals surface area contributed by atoms with Crippen LogP contribution in [0.15, 0.2) is 12.5 Å². The minimum atomic E-state index is -0.621. The first-order valence-corrected chi connectivity index (χ1v) is 27.7. The van der Waals surface area contributed by atoms with E-state index in [-0.39, 0.29) is 18.2 Å². The first-order valence-electron chi connectivity index (χ1n) is 27.7. The molecule has 0 aliphatic heterocycles. The third-order valence-corrected chi connectivity index (χ3v) is 13.1. The molecule has 0 saturated heterocycles. The van der Waals surface area contributed by atoms with Gasteiger partial charge in [0.1, 0.15) is 18.2 Å². The number of aromatic nitrogens is 2. The largest absolute Gasteiger partial charge is 0.462 e. The second-order valence-electron chi connectivity index (χ2n) is 19.1. The van der Waals surface area contributed by atoms with Gasteiger partial charge in [-0.05, 0) is 110 Å². The molecule has 1 rings (SSSR count). The van der Waals surface area contributed by atoms with Gasteiger partial charge in [-0.15, -0.1) is 0 Å². The molecule has 2 atom stereocenters. The van der Waals surface area contributed by atoms with Crippen LogP contribution in [0.3, 0.4) is 0 Å². The Bertz CT molecular complexity index is 1090. The van der Waals surface area contributed by atoms with E-state index in [9.17, 15) is 9.90 Å². The summed E-state index contributed by atoms with van der Waals surface area (Å²) >= 11 is 0. The van der Waals surface area contributed by atoms with E-state index in [1.807, 2.05) is 6.20 Å². The number of hydrogen-bond acceptors (Lipinski definition) is 8. The van der Waals surface area contributed by atoms with Crippen LogP contribution in [0, 0.1) is 0 Å². The predicted molar refractivity (Wildman–Crippen MR) is 271 cm³/mol. The van der Waals surface area contributed by atoms with Gasteiger partial charge in [0.05, 0.1) is 6.10 Å². The number of nitrogens with one attached hydrogen (secondary N) is 1. The van der Waals surface area contributed by atoms with Gasteiger partial charge < -0.3 is 24.8 Å². The number of carbonyl (C=O) groups is 1. The molecule has 0 aliphatic rings. The summed E-state index contributed by atoms with van der Waals surface area (Å²) in [6.07, 6.45) is 48.0. The Balaban J connectivity index is 2.45. The normalized spacial score (nSPS) is 12.7. The molecule has 63 heavy (non-hydrogen) atoms. The van der Waals surface area contributed by atoms with Crippen molar-refractivity contribution in [3.8, 4) is 0 Å². The van der Waals surface area contributed by atoms with E-state index in [1.165, 1.54) is 166 Å². The van der Waals surface area contributed by atoms with E-state index >= 15 is 0 Å². The van der Waals surface area contributed by atoms with Gasteiger partial charge in [0.2, 0.25) is 0 Å². The van der Waals surface area contributed by atoms with Gasteiger partial charge >= 0.3 is 5.97 Å². The maximum Gasteiger partial charge on any atom is 0.306 e. The number of aliphatic hydroxyl groups is 1. The van der Waals surface area contributed by atoms with Crippen molar-refractivity contribution >= 4 is 11.8 Å². The number of rotatable bonds is 49. The van der Waals surface area contributed by atoms with Crippen LogP contribution in [0.1, 0.15) is 278 Å². The number of nitrogens with zero attached hydrogens (tertiary/aromatic N) is 3. The molecule has 1 aromatic rings. The van der Waals surface area contributed by atoms with E-state index in [2.05, 4.69) is 54.8 Å². The zero-order chi connectivity index (χ0) is 45.7. The molecule has 0 radical (unpaired) electrons. The highest BCUT2D eigenvalue weighted by Gasteiger charge is 2.15. The topological polar surface area (TPSA) is 96.8 Å². The molecule has 0 fully saturated rings. The van der Waals surface area contributed by atoms with E-state index < -0.39 is 6.29 Å². The summed E-state index contributed by atoms with van der Waals surface area (Å²) in [7, 11) is 0. The summed E-state index contributed by atoms with van der Waals surface area (Å²) in [6.45, 7) is 15.5. The Labute approximate surface area is 391 Å². The van der Waals surface area contributed by atoms with Crippen LogP contribution in [0.2, 0.25) is 0 Å². The molecule has 2 unspecified atom stereocenters. The Hall–Kier alpha value is -1.77. The third-order valence-electron chi connectivity index (χ3n) is 13.1. The van der Waals surface area contributed by atoms with Crippen molar-refractivity contribution in [2.24, 2.45) is 0 Å². The van der Waals surface area contributed by atoms with Gasteiger partial charge in [0.25, 0.3) is 0 Å². The van der Waals surface area contributed by atoms with Gasteiger partial charge in [-0.3, -0.25) is 4.79 Å². The first-order chi connectivity index (χ1) is 31.0. The van der Waals surface area contributed by atoms with Gasteiger partial charge in [0, 0.05) is 24.7 Å². The fraction of sp³-hybridized carbons (Fsp3) is 0.909. The molecule has 370 valence electrons. The number of carbonyl (C=O) groups excluding carboxylic acids is 1. The number of unbranched alkanes of at least 4 members (excludes halogenated alkanes) is 24. The second-order valence-corrected chi connectivity index (χ2v) is 19.1. The Morgan fingerprint density at radius 1 is 0.571 bits per heavy atom. The number of esters is 1. The summed E-state index contributed by atoms with van der Waals surface area (Å²) < 4.78 is 12.1. The molecule has 0 saturated carbocycles. The highest BCUT2D eigenvalue weighted by Crippen LogP contribution is 2.20. The smallest absolute Gasteiger partial charge is 0.306 e. The molecule has 8 heteroatoms. The lowest BCUT2D eigenvalue weighted by molar-refractivity contribution is -0.150. The quantitative estimate of drug-likeness (QED) is 0.0379. The molecule has 1 aromatic heterocycles. The fourth-order valence-corrected chi connectivity index (χ4v) is 8.86. The maximum absolute atomic E-state index is 12.9. The van der Waals surface area contributed by atoms with Crippen LogP contribution in [0.25, 0.3) is 0 Å². The maximum atomic E-state index is 12.9. The SMILES string of the molecule is CCCCCCCCC(CCCCCCCC)OC(=O)CCCCCCCN(CCCCCCCC(O)OC(CC)CCCCCCCC)CCCNc1ncncc1CCCC. The molecule has 8 nitrogen and oxygen atoms in total. The highest BCUT2D eigenvalue weighted by atomic mass is 16.6. The average molecular weight is 887 g/mol. The standard InChI is InChI=1S/C55H106N4O4/c1-6-11-15-18-23-30-39-51(10-5)62-53(60)42-33-26-21-28-35-45-59(47-37-44-57-55-50(38-14-9-4)48-56-49-58-55)46-36-29-22-27-34-43-54(61)63-52(40-31-24-19-16-12-7-2)41-32-25-20-17-13-8-3/h48-49,51-53,60H,6-47H2,1-5H3,(H,56,57,58). The molecule has 0 amide bonds. The monoisotopic (exact) mass is 887 g/mol. The van der Waals surface area contributed by atoms with Gasteiger partial charge in [-0.2, -0.15) is 0 Å². The van der Waals surface area contributed by atoms with Crippen LogP contribution in [0.4, 0.5) is 5.82 Å². The van der Waals surface area contributed by atoms with Crippen molar-refractivity contribution in [1.29, 1.82) is 0 Å². The molecular formula is C55H106N4O4. The molecule has 1 heterocycles. The third kappa shape index (κ3) is 37.1. The van der Waals surface area contributed by atoms with Gasteiger partial charge in [-0.25, -0.2) is 9.97 Å². The summed E-state index contributed by atoms with van der Waals surface area (Å²) in [5.41, 5.74) is 1.23. The number of aliphatic hydroxyl groups excluding tert-OH is 1. The zero-order valence-electron chi connectivity index (χ0n) is 42.6. The Kier molecular flexibility index (Phi) is 42.7. The van der Waals surface area contributed by atoms with E-state index in [0.717, 1.165) is 109 Å². The van der Waals surface area contributed by atoms with Gasteiger partial charge in [0.15, 0.2) is 6.29 Å². The van der Waals surface area contributed by atoms with Crippen LogP contribution < -0.4 is 5.32 Å². The number of aryl methyl sites for hydroxylation is 1. The van der Waals surface area contributed by atoms with E-state index in [0.29, 0.717) is 6.42 Å². The zero-order valence-corrected chi connectivity index (χ0v) is 42.6. The van der Waals surface area contributed by atoms with Crippen LogP contribution in [-0.4, -0.2) is 70.6 Å². The van der Waals surface area contributed by atoms with E-state index in [4.69, 9.17) is 9.47 Å². The van der Waals surface area contributed by atoms with E-state index in [1.54, 1.807) is 6.33 Å². The Morgan fingerprint density at radius 3 is 1.57 bits per heavy atom. The van der Waals surface area contributed by atoms with Crippen LogP contribution >= 0.6 is 0 Å². The first kappa shape index (κ1) is 59.2. The lowest BCUT2D eigenvalue weighted by Gasteiger charge is -2.23. The lowest BCUT2D eigenvalue weighted by Crippen LogP contribution is -2.28. The molecule has 2 N–H and O–H groups in total. The minimum absolute atomic E-state index is 0.0321. The second kappa shape index (κ2) is 45.4. The number of hydrogen-bond donors (Lipinski definition) is 2. The van der Waals surface area contributed by atoms with Crippen molar-refractivity contribution < 1.29 is 19.4 Å². The van der Waals surface area contributed by atoms with Crippen LogP contribution in [0.5, 0.6) is 0 Å². The lowest BCUT2D eigenvalue weighted by atomic mass is 10.0. The fourth-order valence-electron chi connectivity index (χ4n) is 8.86. The van der Waals surface area contributed by atoms with Crippen molar-refractivity contribution in [2.75, 3.05) is 31.5 Å². The van der Waals surface area contributed by atoms with Crippen molar-refractivity contribution in [2.45, 2.75) is 297 Å². The summed E-state index contributed by atoms with van der Waals surface area (Å²) in [4.78, 5) is 24.4. The average Bonchev–Trinajstić information content (AvgIpc) is 3.29. The molecular weight excluding hydrogens is 781 g/mol. The summed E-state index contributed by atoms with van der Waals surface area (Å²) in [6, 6.07) is 0. The van der Waals surface area contributed by atoms with Crippen molar-refractivity contribution in [3.05, 3.63) is 18.1 Å². The number of anilines is 1. The molecule has 0 aliphatic carbocycles. The molecule has 0 spiro atoms. The molecule has 0 bridgehead atoms. The van der Waals surface area contributed by atoms with Crippen molar-refractivity contribution in [1.82, 2.24) is 14.9 Å². The van der Waals surface area contributed by atoms with Gasteiger partial charge in [-0.1, -0.05) is 182 Å². The summed E-state index contributed by atoms with van der Waals surface area (Å²) in [5, 5.41) is 14.2. The molecule has 0 aromatic carbocycles. The van der Waals surface area contributed by atoms with Crippen molar-refractivity contribution in [3.63, 3.8) is 0 Å². The van der Waals surface area contributed by atoms with Crippen LogP contribution in [-0.2, 0) is 20.7 Å². The summed E-state index contributed by atoms with van der Waals surface area (Å²) in [5.74, 6) is 1.03. The highest BCUT2D eigenvalue weighted by molar-refractivity contribution is 5.69. The Morgan fingerprint density at radius 2 is 1.03 bits per heavy atom. The minimum Gasteiger partial charge on any atom is -0.462 e. The predicted octanol–water partition coefficient (Wildman–Crippen LogP) is 15.9. The number of ether oxygens (including phenoxy) is 2.